The molecular formula is C27H20BrF3O5. The van der Waals surface area contributed by atoms with Crippen molar-refractivity contribution in [1.82, 2.24) is 0 Å². The van der Waals surface area contributed by atoms with Gasteiger partial charge in [-0.15, -0.1) is 0 Å². The summed E-state index contributed by atoms with van der Waals surface area (Å²) in [5, 5.41) is -0.159. The van der Waals surface area contributed by atoms with Crippen molar-refractivity contribution >= 4 is 32.9 Å². The first-order valence-corrected chi connectivity index (χ1v) is 11.6. The highest BCUT2D eigenvalue weighted by Crippen LogP contribution is 2.39. The van der Waals surface area contributed by atoms with Crippen LogP contribution in [0.4, 0.5) is 13.2 Å². The van der Waals surface area contributed by atoms with Crippen molar-refractivity contribution < 1.29 is 31.9 Å². The van der Waals surface area contributed by atoms with E-state index < -0.39 is 34.7 Å². The van der Waals surface area contributed by atoms with E-state index in [-0.39, 0.29) is 27.9 Å². The lowest BCUT2D eigenvalue weighted by Gasteiger charge is -2.19. The van der Waals surface area contributed by atoms with E-state index in [0.29, 0.717) is 0 Å². The third-order valence-electron chi connectivity index (χ3n) is 5.31. The summed E-state index contributed by atoms with van der Waals surface area (Å²) in [6.07, 6.45) is -5.02. The Morgan fingerprint density at radius 1 is 0.889 bits per heavy atom. The highest BCUT2D eigenvalue weighted by Gasteiger charge is 2.40. The Morgan fingerprint density at radius 2 is 1.50 bits per heavy atom. The average molecular weight is 561 g/mol. The largest absolute Gasteiger partial charge is 0.453 e. The SMILES string of the molecule is CC(C)(C)c1ccc(Oc2c(C(F)(F)F)oc3cc(OC(=O)c4ccc(Br)cc4)ccc3c2=O)cc1. The quantitative estimate of drug-likeness (QED) is 0.187. The molecule has 36 heavy (non-hydrogen) atoms. The maximum absolute atomic E-state index is 13.8. The molecule has 3 aromatic carbocycles. The number of hydrogen-bond acceptors (Lipinski definition) is 5. The minimum absolute atomic E-state index is 0.0557. The van der Waals surface area contributed by atoms with Crippen LogP contribution in [0.2, 0.25) is 0 Å². The Kier molecular flexibility index (Phi) is 6.70. The van der Waals surface area contributed by atoms with Gasteiger partial charge < -0.3 is 13.9 Å². The van der Waals surface area contributed by atoms with Gasteiger partial charge in [0.05, 0.1) is 10.9 Å². The fraction of sp³-hybridized carbons (Fsp3) is 0.185. The van der Waals surface area contributed by atoms with Crippen molar-refractivity contribution in [2.24, 2.45) is 0 Å². The average Bonchev–Trinajstić information content (AvgIpc) is 2.80. The van der Waals surface area contributed by atoms with Crippen LogP contribution in [-0.2, 0) is 11.6 Å². The van der Waals surface area contributed by atoms with Crippen molar-refractivity contribution in [3.05, 3.63) is 98.3 Å². The maximum Gasteiger partial charge on any atom is 0.453 e. The number of alkyl halides is 3. The van der Waals surface area contributed by atoms with E-state index in [4.69, 9.17) is 13.9 Å². The van der Waals surface area contributed by atoms with Crippen LogP contribution in [0, 0.1) is 0 Å². The molecule has 0 aliphatic rings. The van der Waals surface area contributed by atoms with Crippen LogP contribution in [0.1, 0.15) is 42.5 Å². The second-order valence-corrected chi connectivity index (χ2v) is 9.93. The monoisotopic (exact) mass is 560 g/mol. The summed E-state index contributed by atoms with van der Waals surface area (Å²) in [6.45, 7) is 5.98. The van der Waals surface area contributed by atoms with E-state index in [1.165, 1.54) is 36.4 Å². The van der Waals surface area contributed by atoms with Crippen molar-refractivity contribution in [2.45, 2.75) is 32.4 Å². The van der Waals surface area contributed by atoms with E-state index in [1.54, 1.807) is 24.3 Å². The van der Waals surface area contributed by atoms with Gasteiger partial charge in [-0.1, -0.05) is 48.8 Å². The fourth-order valence-electron chi connectivity index (χ4n) is 3.39. The van der Waals surface area contributed by atoms with Gasteiger partial charge in [0.15, 0.2) is 0 Å². The fourth-order valence-corrected chi connectivity index (χ4v) is 3.66. The molecule has 9 heteroatoms. The summed E-state index contributed by atoms with van der Waals surface area (Å²) in [7, 11) is 0. The third-order valence-corrected chi connectivity index (χ3v) is 5.84. The van der Waals surface area contributed by atoms with Crippen LogP contribution < -0.4 is 14.9 Å². The molecule has 0 spiro atoms. The minimum atomic E-state index is -5.02. The van der Waals surface area contributed by atoms with E-state index in [1.807, 2.05) is 20.8 Å². The molecule has 0 bridgehead atoms. The van der Waals surface area contributed by atoms with Crippen molar-refractivity contribution in [1.29, 1.82) is 0 Å². The molecule has 0 unspecified atom stereocenters. The van der Waals surface area contributed by atoms with Gasteiger partial charge in [0.2, 0.25) is 11.2 Å². The van der Waals surface area contributed by atoms with Gasteiger partial charge in [0, 0.05) is 10.5 Å². The number of halogens is 4. The molecule has 186 valence electrons. The van der Waals surface area contributed by atoms with Crippen LogP contribution in [-0.4, -0.2) is 5.97 Å². The van der Waals surface area contributed by atoms with Gasteiger partial charge in [-0.05, 0) is 59.5 Å². The van der Waals surface area contributed by atoms with E-state index in [2.05, 4.69) is 15.9 Å². The summed E-state index contributed by atoms with van der Waals surface area (Å²) in [6, 6.07) is 16.3. The Bertz CT molecular complexity index is 1480. The van der Waals surface area contributed by atoms with E-state index >= 15 is 0 Å². The number of esters is 1. The lowest BCUT2D eigenvalue weighted by Crippen LogP contribution is -2.16. The van der Waals surface area contributed by atoms with Gasteiger partial charge in [-0.3, -0.25) is 4.79 Å². The van der Waals surface area contributed by atoms with Crippen LogP contribution >= 0.6 is 15.9 Å². The second-order valence-electron chi connectivity index (χ2n) is 9.02. The lowest BCUT2D eigenvalue weighted by molar-refractivity contribution is -0.154. The maximum atomic E-state index is 13.8. The van der Waals surface area contributed by atoms with Gasteiger partial charge in [-0.2, -0.15) is 13.2 Å². The van der Waals surface area contributed by atoms with Gasteiger partial charge in [-0.25, -0.2) is 4.79 Å². The van der Waals surface area contributed by atoms with Crippen molar-refractivity contribution in [3.8, 4) is 17.2 Å². The number of rotatable bonds is 4. The first kappa shape index (κ1) is 25.5. The molecule has 4 rings (SSSR count). The highest BCUT2D eigenvalue weighted by molar-refractivity contribution is 9.10. The molecule has 1 aromatic heterocycles. The molecule has 4 aromatic rings. The normalized spacial score (nSPS) is 12.0. The summed E-state index contributed by atoms with van der Waals surface area (Å²) >= 11 is 3.26. The second kappa shape index (κ2) is 9.46. The Labute approximate surface area is 212 Å². The number of ether oxygens (including phenoxy) is 2. The number of carbonyl (C=O) groups is 1. The van der Waals surface area contributed by atoms with Gasteiger partial charge in [0.25, 0.3) is 5.76 Å². The summed E-state index contributed by atoms with van der Waals surface area (Å²) in [5.74, 6) is -3.31. The van der Waals surface area contributed by atoms with Gasteiger partial charge >= 0.3 is 12.1 Å². The van der Waals surface area contributed by atoms with Crippen LogP contribution in [0.5, 0.6) is 17.2 Å². The standard InChI is InChI=1S/C27H20BrF3O5/c1-26(2,3)16-6-10-18(11-7-16)34-23-22(32)20-13-12-19(14-21(20)36-24(23)27(29,30)31)35-25(33)15-4-8-17(28)9-5-15/h4-14H,1-3H3. The number of fused-ring (bicyclic) bond motifs is 1. The Hall–Kier alpha value is -3.59. The molecule has 5 nitrogen and oxygen atoms in total. The molecule has 0 N–H and O–H groups in total. The number of hydrogen-bond donors (Lipinski definition) is 0. The van der Waals surface area contributed by atoms with Gasteiger partial charge in [0.1, 0.15) is 17.1 Å². The molecule has 0 saturated carbocycles. The number of benzene rings is 3. The smallest absolute Gasteiger partial charge is 0.449 e. The highest BCUT2D eigenvalue weighted by atomic mass is 79.9. The summed E-state index contributed by atoms with van der Waals surface area (Å²) < 4.78 is 58.0. The third kappa shape index (κ3) is 5.46. The Balaban J connectivity index is 1.71. The molecule has 1 heterocycles. The minimum Gasteiger partial charge on any atom is -0.449 e. The first-order valence-electron chi connectivity index (χ1n) is 10.8. The van der Waals surface area contributed by atoms with Crippen LogP contribution in [0.25, 0.3) is 11.0 Å². The summed E-state index contributed by atoms with van der Waals surface area (Å²) in [5.41, 5.74) is -0.396. The molecule has 0 saturated heterocycles. The zero-order valence-corrected chi connectivity index (χ0v) is 21.0. The molecule has 0 amide bonds. The molecule has 0 radical (unpaired) electrons. The zero-order valence-electron chi connectivity index (χ0n) is 19.4. The molecule has 0 aliphatic carbocycles. The molecule has 0 aliphatic heterocycles. The Morgan fingerprint density at radius 3 is 2.08 bits per heavy atom. The summed E-state index contributed by atoms with van der Waals surface area (Å²) in [4.78, 5) is 25.4. The molecular weight excluding hydrogens is 541 g/mol. The predicted molar refractivity (Wildman–Crippen MR) is 132 cm³/mol. The van der Waals surface area contributed by atoms with Crippen molar-refractivity contribution in [3.63, 3.8) is 0 Å². The molecule has 0 fully saturated rings. The molecule has 0 atom stereocenters. The van der Waals surface area contributed by atoms with Crippen LogP contribution in [0.3, 0.4) is 0 Å². The van der Waals surface area contributed by atoms with Crippen molar-refractivity contribution in [2.75, 3.05) is 0 Å². The predicted octanol–water partition coefficient (Wildman–Crippen LogP) is 7.88. The topological polar surface area (TPSA) is 65.7 Å². The van der Waals surface area contributed by atoms with E-state index in [9.17, 15) is 22.8 Å². The zero-order chi connectivity index (χ0) is 26.3. The number of carbonyl (C=O) groups excluding carboxylic acids is 1. The van der Waals surface area contributed by atoms with Crippen LogP contribution in [0.15, 0.2) is 80.4 Å². The van der Waals surface area contributed by atoms with E-state index in [0.717, 1.165) is 16.1 Å². The first-order chi connectivity index (χ1) is 16.8. The lowest BCUT2D eigenvalue weighted by atomic mass is 9.87.